The summed E-state index contributed by atoms with van der Waals surface area (Å²) < 4.78 is 28.1. The minimum atomic E-state index is -0.798. The Morgan fingerprint density at radius 1 is 1.15 bits per heavy atom. The van der Waals surface area contributed by atoms with Crippen LogP contribution >= 0.6 is 0 Å². The minimum absolute atomic E-state index is 0.0243. The average molecular weight is 281 g/mol. The van der Waals surface area contributed by atoms with Crippen molar-refractivity contribution in [1.29, 1.82) is 0 Å². The molecule has 1 aromatic carbocycles. The van der Waals surface area contributed by atoms with E-state index in [4.69, 9.17) is 5.73 Å². The molecule has 20 heavy (non-hydrogen) atoms. The van der Waals surface area contributed by atoms with E-state index in [-0.39, 0.29) is 12.1 Å². The molecule has 2 bridgehead atoms. The highest BCUT2D eigenvalue weighted by atomic mass is 19.2. The third-order valence-electron chi connectivity index (χ3n) is 4.85. The third kappa shape index (κ3) is 2.19. The molecule has 0 radical (unpaired) electrons. The molecule has 2 aliphatic heterocycles. The van der Waals surface area contributed by atoms with Crippen LogP contribution in [0.1, 0.15) is 24.8 Å². The van der Waals surface area contributed by atoms with E-state index in [1.54, 1.807) is 12.1 Å². The third-order valence-corrected chi connectivity index (χ3v) is 4.85. The SMILES string of the molecule is CN1C2CCC1CN(c1ccc(CN)c(F)c1F)CC2. The molecule has 2 heterocycles. The van der Waals surface area contributed by atoms with Gasteiger partial charge < -0.3 is 10.6 Å². The lowest BCUT2D eigenvalue weighted by Gasteiger charge is -2.28. The van der Waals surface area contributed by atoms with E-state index >= 15 is 0 Å². The van der Waals surface area contributed by atoms with E-state index in [0.717, 1.165) is 25.9 Å². The van der Waals surface area contributed by atoms with Crippen LogP contribution in [0.4, 0.5) is 14.5 Å². The average Bonchev–Trinajstić information content (AvgIpc) is 2.68. The quantitative estimate of drug-likeness (QED) is 0.901. The molecule has 0 aliphatic carbocycles. The van der Waals surface area contributed by atoms with Gasteiger partial charge in [-0.25, -0.2) is 8.78 Å². The van der Waals surface area contributed by atoms with Crippen molar-refractivity contribution >= 4 is 5.69 Å². The second-order valence-corrected chi connectivity index (χ2v) is 5.86. The van der Waals surface area contributed by atoms with Gasteiger partial charge in [0.25, 0.3) is 0 Å². The van der Waals surface area contributed by atoms with Crippen LogP contribution in [0.3, 0.4) is 0 Å². The smallest absolute Gasteiger partial charge is 0.182 e. The summed E-state index contributed by atoms with van der Waals surface area (Å²) in [6.07, 6.45) is 3.37. The molecule has 2 N–H and O–H groups in total. The minimum Gasteiger partial charge on any atom is -0.367 e. The number of hydrogen-bond donors (Lipinski definition) is 1. The van der Waals surface area contributed by atoms with Crippen LogP contribution in [-0.4, -0.2) is 37.1 Å². The predicted molar refractivity (Wildman–Crippen MR) is 75.7 cm³/mol. The molecule has 2 aliphatic rings. The second-order valence-electron chi connectivity index (χ2n) is 5.86. The number of halogens is 2. The van der Waals surface area contributed by atoms with Crippen molar-refractivity contribution in [1.82, 2.24) is 4.90 Å². The van der Waals surface area contributed by atoms with Gasteiger partial charge in [-0.05, 0) is 32.4 Å². The summed E-state index contributed by atoms with van der Waals surface area (Å²) in [5.41, 5.74) is 6.03. The summed E-state index contributed by atoms with van der Waals surface area (Å²) in [7, 11) is 2.14. The van der Waals surface area contributed by atoms with Crippen molar-refractivity contribution in [3.63, 3.8) is 0 Å². The zero-order valence-electron chi connectivity index (χ0n) is 11.8. The molecular weight excluding hydrogens is 260 g/mol. The van der Waals surface area contributed by atoms with Crippen LogP contribution < -0.4 is 10.6 Å². The topological polar surface area (TPSA) is 32.5 Å². The molecule has 2 fully saturated rings. The number of nitrogens with zero attached hydrogens (tertiary/aromatic N) is 2. The maximum absolute atomic E-state index is 14.2. The van der Waals surface area contributed by atoms with Crippen LogP contribution in [0, 0.1) is 11.6 Å². The Bertz CT molecular complexity index is 506. The molecule has 3 rings (SSSR count). The van der Waals surface area contributed by atoms with Gasteiger partial charge in [0.2, 0.25) is 0 Å². The van der Waals surface area contributed by atoms with Gasteiger partial charge in [0.05, 0.1) is 5.69 Å². The van der Waals surface area contributed by atoms with E-state index < -0.39 is 11.6 Å². The summed E-state index contributed by atoms with van der Waals surface area (Å²) in [5.74, 6) is -1.55. The molecule has 2 saturated heterocycles. The van der Waals surface area contributed by atoms with Crippen LogP contribution in [-0.2, 0) is 6.54 Å². The zero-order valence-corrected chi connectivity index (χ0v) is 11.8. The Hall–Kier alpha value is -1.20. The number of fused-ring (bicyclic) bond motifs is 2. The van der Waals surface area contributed by atoms with Crippen molar-refractivity contribution < 1.29 is 8.78 Å². The summed E-state index contributed by atoms with van der Waals surface area (Å²) >= 11 is 0. The Balaban J connectivity index is 1.88. The fourth-order valence-corrected chi connectivity index (χ4v) is 3.51. The molecule has 0 amide bonds. The molecule has 3 nitrogen and oxygen atoms in total. The molecule has 1 aromatic rings. The highest BCUT2D eigenvalue weighted by Crippen LogP contribution is 2.32. The molecule has 2 unspecified atom stereocenters. The summed E-state index contributed by atoms with van der Waals surface area (Å²) in [6, 6.07) is 4.29. The Labute approximate surface area is 118 Å². The Kier molecular flexibility index (Phi) is 3.65. The fourth-order valence-electron chi connectivity index (χ4n) is 3.51. The monoisotopic (exact) mass is 281 g/mol. The van der Waals surface area contributed by atoms with E-state index in [9.17, 15) is 8.78 Å². The highest BCUT2D eigenvalue weighted by Gasteiger charge is 2.35. The molecule has 0 saturated carbocycles. The van der Waals surface area contributed by atoms with Crippen molar-refractivity contribution in [2.75, 3.05) is 25.0 Å². The van der Waals surface area contributed by atoms with Gasteiger partial charge >= 0.3 is 0 Å². The van der Waals surface area contributed by atoms with Gasteiger partial charge in [0.1, 0.15) is 0 Å². The number of nitrogens with two attached hydrogens (primary N) is 1. The van der Waals surface area contributed by atoms with E-state index in [1.807, 2.05) is 4.90 Å². The number of hydrogen-bond acceptors (Lipinski definition) is 3. The predicted octanol–water partition coefficient (Wildman–Crippen LogP) is 2.10. The van der Waals surface area contributed by atoms with Crippen molar-refractivity contribution in [3.8, 4) is 0 Å². The van der Waals surface area contributed by atoms with E-state index in [2.05, 4.69) is 11.9 Å². The highest BCUT2D eigenvalue weighted by molar-refractivity contribution is 5.50. The fraction of sp³-hybridized carbons (Fsp3) is 0.600. The van der Waals surface area contributed by atoms with Crippen LogP contribution in [0.15, 0.2) is 12.1 Å². The summed E-state index contributed by atoms with van der Waals surface area (Å²) in [5, 5.41) is 0. The molecule has 0 spiro atoms. The first-order valence-electron chi connectivity index (χ1n) is 7.25. The Morgan fingerprint density at radius 2 is 1.90 bits per heavy atom. The molecule has 5 heteroatoms. The largest absolute Gasteiger partial charge is 0.367 e. The second kappa shape index (κ2) is 5.30. The lowest BCUT2D eigenvalue weighted by molar-refractivity contribution is 0.254. The van der Waals surface area contributed by atoms with Crippen LogP contribution in [0.25, 0.3) is 0 Å². The first-order chi connectivity index (χ1) is 9.61. The van der Waals surface area contributed by atoms with Crippen molar-refractivity contribution in [3.05, 3.63) is 29.3 Å². The van der Waals surface area contributed by atoms with Gasteiger partial charge in [0.15, 0.2) is 11.6 Å². The normalized spacial score (nSPS) is 26.9. The molecule has 2 atom stereocenters. The maximum atomic E-state index is 14.2. The lowest BCUT2D eigenvalue weighted by atomic mass is 10.1. The van der Waals surface area contributed by atoms with Gasteiger partial charge in [0, 0.05) is 37.3 Å². The number of benzene rings is 1. The lowest BCUT2D eigenvalue weighted by Crippen LogP contribution is -2.37. The maximum Gasteiger partial charge on any atom is 0.182 e. The summed E-state index contributed by atoms with van der Waals surface area (Å²) in [4.78, 5) is 4.38. The first-order valence-corrected chi connectivity index (χ1v) is 7.25. The van der Waals surface area contributed by atoms with Gasteiger partial charge in [-0.3, -0.25) is 4.90 Å². The zero-order chi connectivity index (χ0) is 14.3. The van der Waals surface area contributed by atoms with Gasteiger partial charge in [-0.1, -0.05) is 6.07 Å². The van der Waals surface area contributed by atoms with Crippen LogP contribution in [0.5, 0.6) is 0 Å². The van der Waals surface area contributed by atoms with Gasteiger partial charge in [-0.15, -0.1) is 0 Å². The van der Waals surface area contributed by atoms with Crippen LogP contribution in [0.2, 0.25) is 0 Å². The van der Waals surface area contributed by atoms with E-state index in [0.29, 0.717) is 17.8 Å². The Morgan fingerprint density at radius 3 is 2.65 bits per heavy atom. The number of rotatable bonds is 2. The van der Waals surface area contributed by atoms with Crippen molar-refractivity contribution in [2.45, 2.75) is 37.9 Å². The van der Waals surface area contributed by atoms with E-state index in [1.165, 1.54) is 6.42 Å². The molecular formula is C15H21F2N3. The van der Waals surface area contributed by atoms with Crippen molar-refractivity contribution in [2.24, 2.45) is 5.73 Å². The number of anilines is 1. The number of likely N-dealkylation sites (N-methyl/N-ethyl adjacent to an activating group) is 1. The molecule has 110 valence electrons. The standard InChI is InChI=1S/C15H21F2N3/c1-19-11-3-4-12(19)9-20(7-6-11)13-5-2-10(8-18)14(16)15(13)17/h2,5,11-12H,3-4,6-9,18H2,1H3. The molecule has 0 aromatic heterocycles. The summed E-state index contributed by atoms with van der Waals surface area (Å²) in [6.45, 7) is 1.58. The van der Waals surface area contributed by atoms with Gasteiger partial charge in [-0.2, -0.15) is 0 Å². The first kappa shape index (κ1) is 13.8.